The average molecular weight is 458 g/mol. The molecule has 1 fully saturated rings. The van der Waals surface area contributed by atoms with Gasteiger partial charge in [-0.3, -0.25) is 4.90 Å². The highest BCUT2D eigenvalue weighted by atomic mass is 28.4. The normalized spacial score (nSPS) is 25.1. The molecule has 2 N–H and O–H groups in total. The molecule has 4 atom stereocenters. The molecule has 5 nitrogen and oxygen atoms in total. The number of nitrogens with zero attached hydrogens (tertiary/aromatic N) is 1. The molecule has 1 aliphatic rings. The summed E-state index contributed by atoms with van der Waals surface area (Å²) in [5.41, 5.74) is 2.20. The van der Waals surface area contributed by atoms with E-state index in [0.29, 0.717) is 26.3 Å². The van der Waals surface area contributed by atoms with Crippen molar-refractivity contribution in [1.29, 1.82) is 0 Å². The molecule has 0 radical (unpaired) electrons. The molecule has 0 aliphatic carbocycles. The summed E-state index contributed by atoms with van der Waals surface area (Å²) in [6, 6.07) is 20.0. The van der Waals surface area contributed by atoms with Gasteiger partial charge < -0.3 is 19.4 Å². The first-order valence-corrected chi connectivity index (χ1v) is 14.4. The number of aliphatic hydroxyl groups is 2. The Kier molecular flexibility index (Phi) is 8.30. The second-order valence-corrected chi connectivity index (χ2v) is 15.2. The van der Waals surface area contributed by atoms with Crippen molar-refractivity contribution in [3.8, 4) is 0 Å². The number of aliphatic hydroxyl groups excluding tert-OH is 2. The molecule has 32 heavy (non-hydrogen) atoms. The van der Waals surface area contributed by atoms with E-state index >= 15 is 0 Å². The lowest BCUT2D eigenvalue weighted by atomic mass is 9.93. The van der Waals surface area contributed by atoms with Crippen LogP contribution in [0.3, 0.4) is 0 Å². The Hall–Kier alpha value is -1.54. The Labute approximate surface area is 194 Å². The van der Waals surface area contributed by atoms with Crippen LogP contribution >= 0.6 is 0 Å². The summed E-state index contributed by atoms with van der Waals surface area (Å²) in [5.74, 6) is 0. The molecule has 0 amide bonds. The summed E-state index contributed by atoms with van der Waals surface area (Å²) in [6.45, 7) is 13.0. The molecule has 1 aliphatic heterocycles. The predicted octanol–water partition coefficient (Wildman–Crippen LogP) is 4.20. The molecule has 0 unspecified atom stereocenters. The number of hydrogen-bond donors (Lipinski definition) is 2. The summed E-state index contributed by atoms with van der Waals surface area (Å²) in [4.78, 5) is 2.20. The van der Waals surface area contributed by atoms with Crippen molar-refractivity contribution in [2.45, 2.75) is 76.4 Å². The van der Waals surface area contributed by atoms with Crippen molar-refractivity contribution < 1.29 is 19.4 Å². The first-order valence-electron chi connectivity index (χ1n) is 11.5. The second kappa shape index (κ2) is 10.6. The molecule has 0 bridgehead atoms. The molecule has 1 saturated heterocycles. The van der Waals surface area contributed by atoms with Crippen molar-refractivity contribution in [2.24, 2.45) is 0 Å². The fourth-order valence-corrected chi connectivity index (χ4v) is 4.84. The van der Waals surface area contributed by atoms with Crippen LogP contribution in [0.15, 0.2) is 60.7 Å². The van der Waals surface area contributed by atoms with Crippen LogP contribution in [-0.4, -0.2) is 60.9 Å². The Morgan fingerprint density at radius 1 is 0.938 bits per heavy atom. The number of ether oxygens (including phenoxy) is 1. The minimum atomic E-state index is -1.99. The van der Waals surface area contributed by atoms with Crippen molar-refractivity contribution in [3.05, 3.63) is 71.8 Å². The molecular weight excluding hydrogens is 418 g/mol. The van der Waals surface area contributed by atoms with E-state index < -0.39 is 26.6 Å². The van der Waals surface area contributed by atoms with Gasteiger partial charge in [0.25, 0.3) is 0 Å². The first-order chi connectivity index (χ1) is 15.1. The quantitative estimate of drug-likeness (QED) is 0.582. The van der Waals surface area contributed by atoms with Crippen LogP contribution in [0, 0.1) is 0 Å². The Morgan fingerprint density at radius 2 is 1.50 bits per heavy atom. The number of piperidine rings is 1. The minimum absolute atomic E-state index is 0.0877. The van der Waals surface area contributed by atoms with Gasteiger partial charge in [0.15, 0.2) is 8.32 Å². The number of β-amino-alcohol motifs (C(OH)–C–C–N with tert-alkyl or cyclic N) is 1. The molecule has 0 spiro atoms. The van der Waals surface area contributed by atoms with E-state index in [1.54, 1.807) is 0 Å². The van der Waals surface area contributed by atoms with Gasteiger partial charge in [-0.25, -0.2) is 0 Å². The maximum atomic E-state index is 10.9. The van der Waals surface area contributed by atoms with Gasteiger partial charge in [0.2, 0.25) is 0 Å². The van der Waals surface area contributed by atoms with Crippen LogP contribution < -0.4 is 0 Å². The first kappa shape index (κ1) is 25.1. The van der Waals surface area contributed by atoms with Crippen molar-refractivity contribution >= 4 is 8.32 Å². The monoisotopic (exact) mass is 457 g/mol. The number of hydrogen-bond acceptors (Lipinski definition) is 5. The molecular formula is C26H39NO4Si. The maximum absolute atomic E-state index is 10.9. The van der Waals surface area contributed by atoms with Crippen LogP contribution in [-0.2, 0) is 22.3 Å². The van der Waals surface area contributed by atoms with E-state index in [9.17, 15) is 10.2 Å². The Bertz CT molecular complexity index is 825. The van der Waals surface area contributed by atoms with E-state index in [4.69, 9.17) is 9.16 Å². The highest BCUT2D eigenvalue weighted by Crippen LogP contribution is 2.37. The van der Waals surface area contributed by atoms with Crippen LogP contribution in [0.4, 0.5) is 0 Å². The van der Waals surface area contributed by atoms with Gasteiger partial charge in [0.1, 0.15) is 12.2 Å². The topological polar surface area (TPSA) is 62.2 Å². The van der Waals surface area contributed by atoms with Gasteiger partial charge in [-0.1, -0.05) is 81.4 Å². The Morgan fingerprint density at radius 3 is 2.06 bits per heavy atom. The zero-order valence-corrected chi connectivity index (χ0v) is 21.1. The highest BCUT2D eigenvalue weighted by molar-refractivity contribution is 6.74. The largest absolute Gasteiger partial charge is 0.415 e. The zero-order valence-electron chi connectivity index (χ0n) is 20.1. The average Bonchev–Trinajstić information content (AvgIpc) is 2.75. The Balaban J connectivity index is 1.83. The summed E-state index contributed by atoms with van der Waals surface area (Å²) in [6.07, 6.45) is -2.38. The summed E-state index contributed by atoms with van der Waals surface area (Å²) in [7, 11) is -1.99. The van der Waals surface area contributed by atoms with Gasteiger partial charge in [-0.15, -0.1) is 0 Å². The van der Waals surface area contributed by atoms with Gasteiger partial charge in [0, 0.05) is 13.1 Å². The van der Waals surface area contributed by atoms with E-state index in [-0.39, 0.29) is 11.1 Å². The van der Waals surface area contributed by atoms with Gasteiger partial charge in [-0.2, -0.15) is 0 Å². The molecule has 3 rings (SSSR count). The summed E-state index contributed by atoms with van der Waals surface area (Å²) in [5, 5.41) is 21.7. The lowest BCUT2D eigenvalue weighted by Crippen LogP contribution is -2.63. The second-order valence-electron chi connectivity index (χ2n) is 10.4. The number of likely N-dealkylation sites (tertiary alicyclic amines) is 1. The minimum Gasteiger partial charge on any atom is -0.415 e. The lowest BCUT2D eigenvalue weighted by Gasteiger charge is -2.47. The molecule has 0 saturated carbocycles. The third-order valence-electron chi connectivity index (χ3n) is 6.94. The SMILES string of the molecule is CC(C)(C)[Si](C)(C)OC[C@@H]1[C@@H](OCc2ccccc2)[C@H](O)[C@H](O)CN1Cc1ccccc1. The van der Waals surface area contributed by atoms with E-state index in [0.717, 1.165) is 11.1 Å². The van der Waals surface area contributed by atoms with Crippen LogP contribution in [0.2, 0.25) is 18.1 Å². The van der Waals surface area contributed by atoms with Gasteiger partial charge in [0.05, 0.1) is 25.4 Å². The zero-order chi connectivity index (χ0) is 23.4. The number of rotatable bonds is 8. The van der Waals surface area contributed by atoms with Gasteiger partial charge >= 0.3 is 0 Å². The van der Waals surface area contributed by atoms with E-state index in [1.165, 1.54) is 0 Å². The highest BCUT2D eigenvalue weighted by Gasteiger charge is 2.45. The molecule has 2 aromatic rings. The maximum Gasteiger partial charge on any atom is 0.192 e. The molecule has 6 heteroatoms. The number of benzene rings is 2. The third-order valence-corrected chi connectivity index (χ3v) is 11.4. The van der Waals surface area contributed by atoms with Crippen molar-refractivity contribution in [2.75, 3.05) is 13.2 Å². The van der Waals surface area contributed by atoms with E-state index in [2.05, 4.69) is 50.9 Å². The molecule has 176 valence electrons. The van der Waals surface area contributed by atoms with E-state index in [1.807, 2.05) is 48.5 Å². The molecule has 1 heterocycles. The van der Waals surface area contributed by atoms with Crippen molar-refractivity contribution in [3.63, 3.8) is 0 Å². The van der Waals surface area contributed by atoms with Crippen LogP contribution in [0.25, 0.3) is 0 Å². The molecule has 2 aromatic carbocycles. The fourth-order valence-electron chi connectivity index (χ4n) is 3.82. The van der Waals surface area contributed by atoms with Gasteiger partial charge in [-0.05, 0) is 29.3 Å². The third kappa shape index (κ3) is 6.28. The fraction of sp³-hybridized carbons (Fsp3) is 0.538. The lowest BCUT2D eigenvalue weighted by molar-refractivity contribution is -0.171. The smallest absolute Gasteiger partial charge is 0.192 e. The summed E-state index contributed by atoms with van der Waals surface area (Å²) < 4.78 is 12.9. The van der Waals surface area contributed by atoms with Crippen LogP contribution in [0.1, 0.15) is 31.9 Å². The standard InChI is InChI=1S/C26H39NO4Si/c1-26(2,3)32(4,5)31-19-22-25(30-18-21-14-10-7-11-15-21)24(29)23(28)17-27(22)16-20-12-8-6-9-13-20/h6-15,22-25,28-29H,16-19H2,1-5H3/t22-,23-,24-,25-/m1/s1. The van der Waals surface area contributed by atoms with Crippen molar-refractivity contribution in [1.82, 2.24) is 4.90 Å². The predicted molar refractivity (Wildman–Crippen MR) is 131 cm³/mol. The summed E-state index contributed by atoms with van der Waals surface area (Å²) >= 11 is 0. The van der Waals surface area contributed by atoms with Crippen LogP contribution in [0.5, 0.6) is 0 Å². The molecule has 0 aromatic heterocycles.